The number of benzene rings is 2. The molecule has 0 amide bonds. The van der Waals surface area contributed by atoms with Crippen LogP contribution in [0.3, 0.4) is 0 Å². The Hall–Kier alpha value is -2.70. The molecule has 0 spiro atoms. The summed E-state index contributed by atoms with van der Waals surface area (Å²) in [5.74, 6) is 0. The number of H-pyrrole nitrogens is 1. The zero-order chi connectivity index (χ0) is 19.3. The average molecular weight is 391 g/mol. The van der Waals surface area contributed by atoms with E-state index in [0.717, 1.165) is 42.4 Å². The summed E-state index contributed by atoms with van der Waals surface area (Å²) in [6.07, 6.45) is 1.64. The van der Waals surface area contributed by atoms with Gasteiger partial charge in [0.15, 0.2) is 0 Å². The van der Waals surface area contributed by atoms with Crippen molar-refractivity contribution in [1.82, 2.24) is 14.5 Å². The summed E-state index contributed by atoms with van der Waals surface area (Å²) in [7, 11) is 2.07. The summed E-state index contributed by atoms with van der Waals surface area (Å²) in [6.45, 7) is 1.80. The number of hydrogen-bond donors (Lipinski definition) is 1. The highest BCUT2D eigenvalue weighted by atomic mass is 32.1. The number of piperidine rings is 1. The highest BCUT2D eigenvalue weighted by Gasteiger charge is 2.23. The largest absolute Gasteiger partial charge is 0.329 e. The standard InChI is InChI=1S/C22H21N3O2S/c1-24-10-8-17(9-11-24)25-21(26)19-18(13-28-20(19)23-22(25)27)16-7-6-14-4-2-3-5-15(14)12-16/h2-7,12-13,17H,8-11H2,1H3,(H,23,27). The van der Waals surface area contributed by atoms with Gasteiger partial charge >= 0.3 is 5.69 Å². The van der Waals surface area contributed by atoms with Crippen molar-refractivity contribution < 1.29 is 0 Å². The van der Waals surface area contributed by atoms with E-state index in [1.807, 2.05) is 23.6 Å². The first-order valence-corrected chi connectivity index (χ1v) is 10.4. The van der Waals surface area contributed by atoms with Gasteiger partial charge in [0.05, 0.1) is 5.39 Å². The van der Waals surface area contributed by atoms with Crippen LogP contribution in [0.5, 0.6) is 0 Å². The van der Waals surface area contributed by atoms with Gasteiger partial charge in [0, 0.05) is 17.0 Å². The number of hydrogen-bond acceptors (Lipinski definition) is 4. The maximum Gasteiger partial charge on any atom is 0.329 e. The summed E-state index contributed by atoms with van der Waals surface area (Å²) in [5.41, 5.74) is 1.44. The maximum atomic E-state index is 13.4. The fourth-order valence-electron chi connectivity index (χ4n) is 4.19. The molecule has 5 rings (SSSR count). The molecule has 1 fully saturated rings. The summed E-state index contributed by atoms with van der Waals surface area (Å²) in [5, 5.41) is 4.91. The van der Waals surface area contributed by atoms with Gasteiger partial charge in [-0.1, -0.05) is 36.4 Å². The Morgan fingerprint density at radius 2 is 1.79 bits per heavy atom. The molecule has 2 aromatic heterocycles. The van der Waals surface area contributed by atoms with Crippen molar-refractivity contribution >= 4 is 32.3 Å². The first-order chi connectivity index (χ1) is 13.6. The molecule has 0 atom stereocenters. The van der Waals surface area contributed by atoms with E-state index in [1.54, 1.807) is 0 Å². The Kier molecular flexibility index (Phi) is 4.18. The van der Waals surface area contributed by atoms with Gasteiger partial charge in [0.1, 0.15) is 4.83 Å². The molecule has 3 heterocycles. The monoisotopic (exact) mass is 391 g/mol. The van der Waals surface area contributed by atoms with E-state index in [0.29, 0.717) is 10.2 Å². The van der Waals surface area contributed by atoms with Crippen molar-refractivity contribution in [2.24, 2.45) is 0 Å². The lowest BCUT2D eigenvalue weighted by Crippen LogP contribution is -2.42. The molecule has 1 saturated heterocycles. The molecule has 1 N–H and O–H groups in total. The third-order valence-electron chi connectivity index (χ3n) is 5.78. The van der Waals surface area contributed by atoms with Crippen LogP contribution in [-0.4, -0.2) is 34.6 Å². The molecule has 0 bridgehead atoms. The minimum Gasteiger partial charge on any atom is -0.306 e. The van der Waals surface area contributed by atoms with E-state index in [1.165, 1.54) is 21.3 Å². The molecule has 4 aromatic rings. The molecule has 0 saturated carbocycles. The molecule has 0 unspecified atom stereocenters. The van der Waals surface area contributed by atoms with E-state index in [2.05, 4.69) is 41.2 Å². The molecule has 28 heavy (non-hydrogen) atoms. The smallest absolute Gasteiger partial charge is 0.306 e. The molecular weight excluding hydrogens is 370 g/mol. The number of nitrogens with one attached hydrogen (secondary N) is 1. The van der Waals surface area contributed by atoms with Crippen molar-refractivity contribution in [3.05, 3.63) is 68.7 Å². The van der Waals surface area contributed by atoms with Crippen LogP contribution in [0.1, 0.15) is 18.9 Å². The lowest BCUT2D eigenvalue weighted by atomic mass is 10.0. The first-order valence-electron chi connectivity index (χ1n) is 9.55. The van der Waals surface area contributed by atoms with Gasteiger partial charge in [0.25, 0.3) is 5.56 Å². The number of rotatable bonds is 2. The number of likely N-dealkylation sites (tertiary alicyclic amines) is 1. The Bertz CT molecular complexity index is 1290. The van der Waals surface area contributed by atoms with Crippen molar-refractivity contribution in [2.75, 3.05) is 20.1 Å². The van der Waals surface area contributed by atoms with Crippen LogP contribution in [0.15, 0.2) is 57.4 Å². The van der Waals surface area contributed by atoms with Crippen LogP contribution in [-0.2, 0) is 0 Å². The van der Waals surface area contributed by atoms with Gasteiger partial charge in [0.2, 0.25) is 0 Å². The van der Waals surface area contributed by atoms with Gasteiger partial charge in [-0.2, -0.15) is 0 Å². The van der Waals surface area contributed by atoms with Gasteiger partial charge in [-0.3, -0.25) is 14.3 Å². The van der Waals surface area contributed by atoms with Crippen LogP contribution in [0, 0.1) is 0 Å². The van der Waals surface area contributed by atoms with E-state index in [-0.39, 0.29) is 17.3 Å². The molecule has 5 nitrogen and oxygen atoms in total. The minimum absolute atomic E-state index is 0.0406. The Labute approximate surface area is 165 Å². The molecular formula is C22H21N3O2S. The topological polar surface area (TPSA) is 58.1 Å². The van der Waals surface area contributed by atoms with Crippen molar-refractivity contribution in [3.8, 4) is 11.1 Å². The highest BCUT2D eigenvalue weighted by molar-refractivity contribution is 7.17. The third kappa shape index (κ3) is 2.80. The van der Waals surface area contributed by atoms with Gasteiger partial charge in [-0.05, 0) is 55.4 Å². The van der Waals surface area contributed by atoms with Crippen molar-refractivity contribution in [2.45, 2.75) is 18.9 Å². The number of aromatic amines is 1. The van der Waals surface area contributed by atoms with Crippen LogP contribution in [0.2, 0.25) is 0 Å². The molecule has 1 aliphatic rings. The molecule has 0 aliphatic carbocycles. The second-order valence-corrected chi connectivity index (χ2v) is 8.43. The molecule has 6 heteroatoms. The van der Waals surface area contributed by atoms with E-state index in [4.69, 9.17) is 0 Å². The minimum atomic E-state index is -0.293. The number of fused-ring (bicyclic) bond motifs is 2. The Morgan fingerprint density at radius 3 is 2.57 bits per heavy atom. The van der Waals surface area contributed by atoms with Gasteiger partial charge in [-0.25, -0.2) is 4.79 Å². The highest BCUT2D eigenvalue weighted by Crippen LogP contribution is 2.32. The molecule has 0 radical (unpaired) electrons. The number of thiophene rings is 1. The normalized spacial score (nSPS) is 16.2. The molecule has 2 aromatic carbocycles. The van der Waals surface area contributed by atoms with Gasteiger partial charge in [-0.15, -0.1) is 11.3 Å². The third-order valence-corrected chi connectivity index (χ3v) is 6.67. The van der Waals surface area contributed by atoms with Crippen molar-refractivity contribution in [1.29, 1.82) is 0 Å². The van der Waals surface area contributed by atoms with E-state index in [9.17, 15) is 9.59 Å². The number of nitrogens with zero attached hydrogens (tertiary/aromatic N) is 2. The Balaban J connectivity index is 1.69. The lowest BCUT2D eigenvalue weighted by molar-refractivity contribution is 0.216. The first kappa shape index (κ1) is 17.4. The van der Waals surface area contributed by atoms with Crippen molar-refractivity contribution in [3.63, 3.8) is 0 Å². The van der Waals surface area contributed by atoms with E-state index >= 15 is 0 Å². The van der Waals surface area contributed by atoms with Crippen LogP contribution in [0.4, 0.5) is 0 Å². The average Bonchev–Trinajstić information content (AvgIpc) is 3.13. The lowest BCUT2D eigenvalue weighted by Gasteiger charge is -2.29. The predicted molar refractivity (Wildman–Crippen MR) is 115 cm³/mol. The SMILES string of the molecule is CN1CCC(n2c(=O)[nH]c3scc(-c4ccc5ccccc5c4)c3c2=O)CC1. The Morgan fingerprint density at radius 1 is 1.04 bits per heavy atom. The second kappa shape index (κ2) is 6.72. The van der Waals surface area contributed by atoms with Gasteiger partial charge < -0.3 is 4.90 Å². The van der Waals surface area contributed by atoms with Crippen LogP contribution < -0.4 is 11.2 Å². The second-order valence-electron chi connectivity index (χ2n) is 7.56. The van der Waals surface area contributed by atoms with Crippen LogP contribution in [0.25, 0.3) is 32.1 Å². The summed E-state index contributed by atoms with van der Waals surface area (Å²) < 4.78 is 1.45. The quantitative estimate of drug-likeness (QED) is 0.565. The number of aromatic nitrogens is 2. The van der Waals surface area contributed by atoms with E-state index < -0.39 is 0 Å². The summed E-state index contributed by atoms with van der Waals surface area (Å²) in [6, 6.07) is 14.4. The summed E-state index contributed by atoms with van der Waals surface area (Å²) in [4.78, 5) is 31.9. The fraction of sp³-hybridized carbons (Fsp3) is 0.273. The zero-order valence-electron chi connectivity index (χ0n) is 15.6. The zero-order valence-corrected chi connectivity index (χ0v) is 16.5. The summed E-state index contributed by atoms with van der Waals surface area (Å²) >= 11 is 1.42. The molecule has 1 aliphatic heterocycles. The maximum absolute atomic E-state index is 13.4. The molecule has 142 valence electrons. The predicted octanol–water partition coefficient (Wildman–Crippen LogP) is 3.84. The fourth-order valence-corrected chi connectivity index (χ4v) is 5.14. The van der Waals surface area contributed by atoms with Crippen LogP contribution >= 0.6 is 11.3 Å².